The summed E-state index contributed by atoms with van der Waals surface area (Å²) in [5.41, 5.74) is 1.61. The fraction of sp³-hybridized carbons (Fsp3) is 0.250. The summed E-state index contributed by atoms with van der Waals surface area (Å²) in [5.74, 6) is 1.61. The van der Waals surface area contributed by atoms with Gasteiger partial charge in [-0.15, -0.1) is 11.3 Å². The molecule has 3 rings (SSSR count). The Morgan fingerprint density at radius 2 is 1.95 bits per heavy atom. The van der Waals surface area contributed by atoms with Crippen molar-refractivity contribution in [1.29, 1.82) is 0 Å². The quantitative estimate of drug-likeness (QED) is 0.733. The first-order chi connectivity index (χ1) is 9.21. The Bertz CT molecular complexity index is 734. The van der Waals surface area contributed by atoms with Crippen LogP contribution in [0.25, 0.3) is 17.2 Å². The lowest BCUT2D eigenvalue weighted by atomic mass is 10.4. The molecule has 0 fully saturated rings. The Balaban J connectivity index is 2.19. The molecular formula is C12H12N4O2S. The van der Waals surface area contributed by atoms with E-state index in [4.69, 9.17) is 9.47 Å². The van der Waals surface area contributed by atoms with Crippen molar-refractivity contribution in [3.63, 3.8) is 0 Å². The van der Waals surface area contributed by atoms with E-state index in [1.54, 1.807) is 36.0 Å². The Kier molecular flexibility index (Phi) is 2.83. The molecule has 3 aromatic heterocycles. The topological polar surface area (TPSA) is 61.5 Å². The van der Waals surface area contributed by atoms with Gasteiger partial charge in [-0.1, -0.05) is 0 Å². The molecule has 0 aliphatic heterocycles. The number of hydrogen-bond acceptors (Lipinski definition) is 6. The second kappa shape index (κ2) is 4.51. The SMILES string of the molecule is COc1cc(OC)n2cc(-c3csc(C)n3)nc2n1. The third kappa shape index (κ3) is 2.01. The molecule has 0 unspecified atom stereocenters. The lowest BCUT2D eigenvalue weighted by molar-refractivity contribution is 0.369. The van der Waals surface area contributed by atoms with Crippen molar-refractivity contribution in [2.45, 2.75) is 6.92 Å². The van der Waals surface area contributed by atoms with Crippen LogP contribution < -0.4 is 9.47 Å². The van der Waals surface area contributed by atoms with E-state index in [1.807, 2.05) is 18.5 Å². The predicted octanol–water partition coefficient (Wildman–Crippen LogP) is 2.18. The average molecular weight is 276 g/mol. The molecule has 6 nitrogen and oxygen atoms in total. The first-order valence-electron chi connectivity index (χ1n) is 5.62. The number of rotatable bonds is 3. The first kappa shape index (κ1) is 11.9. The van der Waals surface area contributed by atoms with Gasteiger partial charge in [0, 0.05) is 11.6 Å². The lowest BCUT2D eigenvalue weighted by Crippen LogP contribution is -1.97. The summed E-state index contributed by atoms with van der Waals surface area (Å²) in [6.07, 6.45) is 1.86. The second-order valence-corrected chi connectivity index (χ2v) is 4.95. The highest BCUT2D eigenvalue weighted by molar-refractivity contribution is 7.09. The summed E-state index contributed by atoms with van der Waals surface area (Å²) >= 11 is 1.59. The zero-order valence-corrected chi connectivity index (χ0v) is 11.6. The maximum Gasteiger partial charge on any atom is 0.240 e. The molecule has 98 valence electrons. The fourth-order valence-corrected chi connectivity index (χ4v) is 2.39. The van der Waals surface area contributed by atoms with Gasteiger partial charge < -0.3 is 9.47 Å². The number of aromatic nitrogens is 4. The van der Waals surface area contributed by atoms with E-state index in [0.717, 1.165) is 16.4 Å². The van der Waals surface area contributed by atoms with Gasteiger partial charge in [-0.25, -0.2) is 9.97 Å². The Hall–Kier alpha value is -2.15. The number of nitrogens with zero attached hydrogens (tertiary/aromatic N) is 4. The average Bonchev–Trinajstić information content (AvgIpc) is 3.02. The molecule has 0 radical (unpaired) electrons. The maximum absolute atomic E-state index is 5.31. The zero-order chi connectivity index (χ0) is 13.4. The second-order valence-electron chi connectivity index (χ2n) is 3.89. The normalized spacial score (nSPS) is 10.9. The molecule has 0 spiro atoms. The van der Waals surface area contributed by atoms with Gasteiger partial charge in [-0.05, 0) is 6.92 Å². The molecule has 0 bridgehead atoms. The Labute approximate surface area is 113 Å². The van der Waals surface area contributed by atoms with E-state index >= 15 is 0 Å². The summed E-state index contributed by atoms with van der Waals surface area (Å²) in [5, 5.41) is 2.98. The lowest BCUT2D eigenvalue weighted by Gasteiger charge is -2.04. The van der Waals surface area contributed by atoms with Gasteiger partial charge in [0.2, 0.25) is 17.5 Å². The van der Waals surface area contributed by atoms with Crippen LogP contribution in [0.4, 0.5) is 0 Å². The standard InChI is InChI=1S/C12H12N4O2S/c1-7-13-9(6-19-7)8-5-16-11(18-3)4-10(17-2)15-12(16)14-8/h4-6H,1-3H3. The monoisotopic (exact) mass is 276 g/mol. The molecule has 7 heteroatoms. The van der Waals surface area contributed by atoms with Crippen LogP contribution in [0.1, 0.15) is 5.01 Å². The first-order valence-corrected chi connectivity index (χ1v) is 6.50. The van der Waals surface area contributed by atoms with Crippen molar-refractivity contribution in [2.24, 2.45) is 0 Å². The van der Waals surface area contributed by atoms with E-state index < -0.39 is 0 Å². The van der Waals surface area contributed by atoms with Crippen LogP contribution in [0.2, 0.25) is 0 Å². The van der Waals surface area contributed by atoms with Crippen molar-refractivity contribution in [1.82, 2.24) is 19.4 Å². The Morgan fingerprint density at radius 3 is 2.58 bits per heavy atom. The number of fused-ring (bicyclic) bond motifs is 1. The predicted molar refractivity (Wildman–Crippen MR) is 71.9 cm³/mol. The summed E-state index contributed by atoms with van der Waals surface area (Å²) in [4.78, 5) is 13.1. The zero-order valence-electron chi connectivity index (χ0n) is 10.7. The number of ether oxygens (including phenoxy) is 2. The molecule has 0 atom stereocenters. The molecule has 0 saturated heterocycles. The molecule has 3 heterocycles. The van der Waals surface area contributed by atoms with E-state index in [9.17, 15) is 0 Å². The summed E-state index contributed by atoms with van der Waals surface area (Å²) < 4.78 is 12.2. The third-order valence-corrected chi connectivity index (χ3v) is 3.46. The van der Waals surface area contributed by atoms with Crippen LogP contribution in [0.5, 0.6) is 11.8 Å². The summed E-state index contributed by atoms with van der Waals surface area (Å²) in [6, 6.07) is 1.71. The third-order valence-electron chi connectivity index (χ3n) is 2.68. The van der Waals surface area contributed by atoms with Gasteiger partial charge in [-0.2, -0.15) is 4.98 Å². The molecule has 0 N–H and O–H groups in total. The van der Waals surface area contributed by atoms with Crippen LogP contribution in [-0.4, -0.2) is 33.6 Å². The van der Waals surface area contributed by atoms with Crippen molar-refractivity contribution in [3.05, 3.63) is 22.7 Å². The highest BCUT2D eigenvalue weighted by Crippen LogP contribution is 2.25. The minimum absolute atomic E-state index is 0.468. The van der Waals surface area contributed by atoms with E-state index in [1.165, 1.54) is 0 Å². The number of imidazole rings is 1. The highest BCUT2D eigenvalue weighted by Gasteiger charge is 2.12. The molecule has 0 aliphatic carbocycles. The number of hydrogen-bond donors (Lipinski definition) is 0. The molecule has 0 aliphatic rings. The Morgan fingerprint density at radius 1 is 1.11 bits per heavy atom. The largest absolute Gasteiger partial charge is 0.482 e. The fourth-order valence-electron chi connectivity index (χ4n) is 1.78. The molecule has 0 amide bonds. The van der Waals surface area contributed by atoms with Crippen LogP contribution in [-0.2, 0) is 0 Å². The number of aryl methyl sites for hydroxylation is 1. The maximum atomic E-state index is 5.31. The van der Waals surface area contributed by atoms with Gasteiger partial charge in [0.05, 0.1) is 25.3 Å². The summed E-state index contributed by atoms with van der Waals surface area (Å²) in [7, 11) is 3.16. The van der Waals surface area contributed by atoms with E-state index in [-0.39, 0.29) is 0 Å². The molecule has 19 heavy (non-hydrogen) atoms. The summed E-state index contributed by atoms with van der Waals surface area (Å²) in [6.45, 7) is 1.96. The number of methoxy groups -OCH3 is 2. The minimum Gasteiger partial charge on any atom is -0.482 e. The highest BCUT2D eigenvalue weighted by atomic mass is 32.1. The molecular weight excluding hydrogens is 264 g/mol. The van der Waals surface area contributed by atoms with Gasteiger partial charge in [0.1, 0.15) is 11.4 Å². The molecule has 0 saturated carbocycles. The van der Waals surface area contributed by atoms with Gasteiger partial charge in [0.25, 0.3) is 0 Å². The van der Waals surface area contributed by atoms with E-state index in [2.05, 4.69) is 15.0 Å². The van der Waals surface area contributed by atoms with Crippen molar-refractivity contribution < 1.29 is 9.47 Å². The van der Waals surface area contributed by atoms with Gasteiger partial charge in [-0.3, -0.25) is 4.40 Å². The molecule has 0 aromatic carbocycles. The van der Waals surface area contributed by atoms with E-state index in [0.29, 0.717) is 17.5 Å². The number of thiazole rings is 1. The van der Waals surface area contributed by atoms with Crippen molar-refractivity contribution >= 4 is 17.1 Å². The van der Waals surface area contributed by atoms with Crippen LogP contribution in [0, 0.1) is 6.92 Å². The van der Waals surface area contributed by atoms with Crippen LogP contribution >= 0.6 is 11.3 Å². The van der Waals surface area contributed by atoms with Gasteiger partial charge in [0.15, 0.2) is 0 Å². The molecule has 3 aromatic rings. The van der Waals surface area contributed by atoms with Crippen molar-refractivity contribution in [3.8, 4) is 23.1 Å². The van der Waals surface area contributed by atoms with Gasteiger partial charge >= 0.3 is 0 Å². The van der Waals surface area contributed by atoms with Crippen LogP contribution in [0.3, 0.4) is 0 Å². The minimum atomic E-state index is 0.468. The van der Waals surface area contributed by atoms with Crippen LogP contribution in [0.15, 0.2) is 17.6 Å². The van der Waals surface area contributed by atoms with Crippen molar-refractivity contribution in [2.75, 3.05) is 14.2 Å². The smallest absolute Gasteiger partial charge is 0.240 e.